The third-order valence-corrected chi connectivity index (χ3v) is 5.96. The van der Waals surface area contributed by atoms with Crippen LogP contribution < -0.4 is 5.32 Å². The lowest BCUT2D eigenvalue weighted by Crippen LogP contribution is -2.46. The zero-order valence-corrected chi connectivity index (χ0v) is 14.1. The number of rotatable bonds is 4. The molecule has 0 bridgehead atoms. The molecule has 128 valence electrons. The summed E-state index contributed by atoms with van der Waals surface area (Å²) in [6.45, 7) is 0.543. The molecule has 1 amide bonds. The second kappa shape index (κ2) is 6.93. The molecule has 2 fully saturated rings. The van der Waals surface area contributed by atoms with Crippen LogP contribution in [0.15, 0.2) is 24.3 Å². The van der Waals surface area contributed by atoms with Crippen LogP contribution in [-0.2, 0) is 10.2 Å². The second-order valence-electron chi connectivity index (χ2n) is 7.43. The number of amides is 1. The van der Waals surface area contributed by atoms with Gasteiger partial charge in [-0.25, -0.2) is 4.39 Å². The third-order valence-electron chi connectivity index (χ3n) is 5.96. The molecule has 0 saturated heterocycles. The van der Waals surface area contributed by atoms with Gasteiger partial charge in [-0.3, -0.25) is 4.79 Å². The normalized spacial score (nSPS) is 21.8. The number of carbonyl (C=O) groups excluding carboxylic acids is 1. The Morgan fingerprint density at radius 2 is 1.62 bits per heavy atom. The Morgan fingerprint density at radius 3 is 2.21 bits per heavy atom. The van der Waals surface area contributed by atoms with Gasteiger partial charge in [-0.05, 0) is 43.4 Å². The molecule has 4 heteroatoms. The van der Waals surface area contributed by atoms with Crippen LogP contribution >= 0.6 is 0 Å². The molecule has 0 unspecified atom stereocenters. The van der Waals surface area contributed by atoms with E-state index >= 15 is 0 Å². The van der Waals surface area contributed by atoms with E-state index in [2.05, 4.69) is 11.4 Å². The van der Waals surface area contributed by atoms with Crippen molar-refractivity contribution in [2.75, 3.05) is 6.54 Å². The molecule has 0 aliphatic heterocycles. The molecule has 0 radical (unpaired) electrons. The summed E-state index contributed by atoms with van der Waals surface area (Å²) in [5.41, 5.74) is 0.136. The van der Waals surface area contributed by atoms with E-state index < -0.39 is 5.41 Å². The van der Waals surface area contributed by atoms with Crippen molar-refractivity contribution in [1.29, 1.82) is 5.26 Å². The maximum atomic E-state index is 13.3. The lowest BCUT2D eigenvalue weighted by atomic mass is 9.69. The number of nitrogens with zero attached hydrogens (tertiary/aromatic N) is 1. The van der Waals surface area contributed by atoms with Crippen molar-refractivity contribution in [2.24, 2.45) is 5.41 Å². The van der Waals surface area contributed by atoms with Crippen LogP contribution in [0.4, 0.5) is 4.39 Å². The van der Waals surface area contributed by atoms with E-state index in [9.17, 15) is 14.4 Å². The summed E-state index contributed by atoms with van der Waals surface area (Å²) in [7, 11) is 0. The van der Waals surface area contributed by atoms with Crippen LogP contribution in [0.2, 0.25) is 0 Å². The van der Waals surface area contributed by atoms with E-state index in [1.807, 2.05) is 12.1 Å². The third kappa shape index (κ3) is 3.17. The fraction of sp³-hybridized carbons (Fsp3) is 0.600. The largest absolute Gasteiger partial charge is 0.354 e. The van der Waals surface area contributed by atoms with Crippen molar-refractivity contribution in [3.63, 3.8) is 0 Å². The van der Waals surface area contributed by atoms with E-state index in [1.54, 1.807) is 0 Å². The first-order chi connectivity index (χ1) is 11.6. The van der Waals surface area contributed by atoms with Gasteiger partial charge in [0.2, 0.25) is 5.91 Å². The van der Waals surface area contributed by atoms with Gasteiger partial charge in [0.15, 0.2) is 0 Å². The standard InChI is InChI=1S/C20H25FN2O/c21-17-8-6-16(7-9-17)20(12-2-1-3-13-20)15-23-18(24)19(14-22)10-4-5-11-19/h6-9H,1-5,10-13,15H2,(H,23,24). The summed E-state index contributed by atoms with van der Waals surface area (Å²) in [6.07, 6.45) is 8.68. The fourth-order valence-electron chi connectivity index (χ4n) is 4.39. The van der Waals surface area contributed by atoms with Crippen molar-refractivity contribution >= 4 is 5.91 Å². The Balaban J connectivity index is 1.77. The van der Waals surface area contributed by atoms with Gasteiger partial charge in [-0.1, -0.05) is 44.2 Å². The molecule has 0 heterocycles. The van der Waals surface area contributed by atoms with Crippen molar-refractivity contribution in [3.8, 4) is 6.07 Å². The van der Waals surface area contributed by atoms with Crippen molar-refractivity contribution in [1.82, 2.24) is 5.32 Å². The zero-order valence-electron chi connectivity index (χ0n) is 14.1. The van der Waals surface area contributed by atoms with E-state index in [-0.39, 0.29) is 17.1 Å². The van der Waals surface area contributed by atoms with Gasteiger partial charge in [0.25, 0.3) is 0 Å². The Bertz CT molecular complexity index is 620. The minimum Gasteiger partial charge on any atom is -0.354 e. The minimum absolute atomic E-state index is 0.116. The van der Waals surface area contributed by atoms with Crippen LogP contribution in [0, 0.1) is 22.6 Å². The lowest BCUT2D eigenvalue weighted by Gasteiger charge is -2.38. The highest BCUT2D eigenvalue weighted by molar-refractivity contribution is 5.85. The number of benzene rings is 1. The highest BCUT2D eigenvalue weighted by atomic mass is 19.1. The molecule has 0 spiro atoms. The highest BCUT2D eigenvalue weighted by Gasteiger charge is 2.43. The Morgan fingerprint density at radius 1 is 1.04 bits per heavy atom. The minimum atomic E-state index is -0.835. The summed E-state index contributed by atoms with van der Waals surface area (Å²) in [6, 6.07) is 8.96. The Kier molecular flexibility index (Phi) is 4.89. The van der Waals surface area contributed by atoms with Gasteiger partial charge >= 0.3 is 0 Å². The van der Waals surface area contributed by atoms with Gasteiger partial charge < -0.3 is 5.32 Å². The monoisotopic (exact) mass is 328 g/mol. The van der Waals surface area contributed by atoms with Crippen LogP contribution in [0.5, 0.6) is 0 Å². The number of halogens is 1. The molecule has 2 aliphatic carbocycles. The molecule has 0 aromatic heterocycles. The van der Waals surface area contributed by atoms with Crippen LogP contribution in [-0.4, -0.2) is 12.5 Å². The maximum Gasteiger partial charge on any atom is 0.240 e. The molecule has 3 nitrogen and oxygen atoms in total. The summed E-state index contributed by atoms with van der Waals surface area (Å²) >= 11 is 0. The SMILES string of the molecule is N#CC1(C(=O)NCC2(c3ccc(F)cc3)CCCCC2)CCCC1. The van der Waals surface area contributed by atoms with Crippen LogP contribution in [0.3, 0.4) is 0 Å². The Labute approximate surface area is 143 Å². The topological polar surface area (TPSA) is 52.9 Å². The summed E-state index contributed by atoms with van der Waals surface area (Å²) < 4.78 is 13.3. The molecule has 3 rings (SSSR count). The quantitative estimate of drug-likeness (QED) is 0.899. The zero-order chi connectivity index (χ0) is 17.0. The predicted octanol–water partition coefficient (Wildman–Crippen LogP) is 4.23. The molecule has 0 atom stereocenters. The highest BCUT2D eigenvalue weighted by Crippen LogP contribution is 2.41. The van der Waals surface area contributed by atoms with E-state index in [1.165, 1.54) is 18.6 Å². The smallest absolute Gasteiger partial charge is 0.240 e. The average molecular weight is 328 g/mol. The van der Waals surface area contributed by atoms with E-state index in [4.69, 9.17) is 0 Å². The Hall–Kier alpha value is -1.89. The van der Waals surface area contributed by atoms with Crippen LogP contribution in [0.1, 0.15) is 63.4 Å². The molecule has 2 aliphatic rings. The van der Waals surface area contributed by atoms with Gasteiger partial charge in [-0.2, -0.15) is 5.26 Å². The lowest BCUT2D eigenvalue weighted by molar-refractivity contribution is -0.128. The number of nitriles is 1. The van der Waals surface area contributed by atoms with Gasteiger partial charge in [0.1, 0.15) is 11.2 Å². The first kappa shape index (κ1) is 17.0. The maximum absolute atomic E-state index is 13.3. The van der Waals surface area contributed by atoms with Gasteiger partial charge in [-0.15, -0.1) is 0 Å². The molecule has 1 aromatic carbocycles. The van der Waals surface area contributed by atoms with E-state index in [0.29, 0.717) is 19.4 Å². The molecular weight excluding hydrogens is 303 g/mol. The summed E-state index contributed by atoms with van der Waals surface area (Å²) in [5.74, 6) is -0.349. The second-order valence-corrected chi connectivity index (χ2v) is 7.43. The molecule has 1 aromatic rings. The van der Waals surface area contributed by atoms with Crippen molar-refractivity contribution in [3.05, 3.63) is 35.6 Å². The van der Waals surface area contributed by atoms with Crippen LogP contribution in [0.25, 0.3) is 0 Å². The first-order valence-corrected chi connectivity index (χ1v) is 9.06. The molecule has 1 N–H and O–H groups in total. The van der Waals surface area contributed by atoms with Gasteiger partial charge in [0, 0.05) is 12.0 Å². The first-order valence-electron chi connectivity index (χ1n) is 9.06. The number of hydrogen-bond acceptors (Lipinski definition) is 2. The number of carbonyl (C=O) groups is 1. The number of hydrogen-bond donors (Lipinski definition) is 1. The molecule has 2 saturated carbocycles. The van der Waals surface area contributed by atoms with Gasteiger partial charge in [0.05, 0.1) is 6.07 Å². The van der Waals surface area contributed by atoms with Crippen molar-refractivity contribution < 1.29 is 9.18 Å². The van der Waals surface area contributed by atoms with E-state index in [0.717, 1.165) is 44.1 Å². The summed E-state index contributed by atoms with van der Waals surface area (Å²) in [4.78, 5) is 12.7. The average Bonchev–Trinajstić information content (AvgIpc) is 3.11. The summed E-state index contributed by atoms with van der Waals surface area (Å²) in [5, 5.41) is 12.6. The fourth-order valence-corrected chi connectivity index (χ4v) is 4.39. The van der Waals surface area contributed by atoms with Crippen molar-refractivity contribution in [2.45, 2.75) is 63.2 Å². The number of nitrogens with one attached hydrogen (secondary N) is 1. The molecule has 24 heavy (non-hydrogen) atoms. The predicted molar refractivity (Wildman–Crippen MR) is 90.7 cm³/mol. The molecular formula is C20H25FN2O.